The van der Waals surface area contributed by atoms with Crippen LogP contribution in [0.25, 0.3) is 0 Å². The number of nitrogens with one attached hydrogen (secondary N) is 1. The quantitative estimate of drug-likeness (QED) is 0.690. The number of amides is 1. The number of aryl methyl sites for hydroxylation is 1. The van der Waals surface area contributed by atoms with Crippen molar-refractivity contribution >= 4 is 33.7 Å². The van der Waals surface area contributed by atoms with Crippen LogP contribution in [0.4, 0.5) is 18.3 Å². The Balaban J connectivity index is 1.65. The summed E-state index contributed by atoms with van der Waals surface area (Å²) in [4.78, 5) is 28.3. The zero-order valence-corrected chi connectivity index (χ0v) is 15.7. The molecule has 2 aromatic heterocycles. The number of carbonyl (C=O) groups is 1. The summed E-state index contributed by atoms with van der Waals surface area (Å²) in [7, 11) is 0. The lowest BCUT2D eigenvalue weighted by Gasteiger charge is -2.07. The fourth-order valence-electron chi connectivity index (χ4n) is 2.40. The van der Waals surface area contributed by atoms with E-state index >= 15 is 0 Å². The summed E-state index contributed by atoms with van der Waals surface area (Å²) in [5.41, 5.74) is 0.506. The molecular formula is C17H14F3N3O2S2. The van der Waals surface area contributed by atoms with Crippen LogP contribution >= 0.6 is 22.7 Å². The van der Waals surface area contributed by atoms with E-state index in [1.807, 2.05) is 0 Å². The number of aromatic nitrogens is 2. The number of alkyl halides is 3. The molecule has 142 valence electrons. The molecule has 0 aliphatic rings. The maximum Gasteiger partial charge on any atom is 0.416 e. The van der Waals surface area contributed by atoms with Crippen LogP contribution in [0.15, 0.2) is 40.6 Å². The fraction of sp³-hybridized carbons (Fsp3) is 0.235. The Hall–Kier alpha value is -2.46. The summed E-state index contributed by atoms with van der Waals surface area (Å²) in [6.45, 7) is 1.62. The van der Waals surface area contributed by atoms with Crippen molar-refractivity contribution < 1.29 is 18.0 Å². The van der Waals surface area contributed by atoms with Gasteiger partial charge < -0.3 is 5.32 Å². The average Bonchev–Trinajstić information content (AvgIpc) is 3.15. The molecule has 0 unspecified atom stereocenters. The third kappa shape index (κ3) is 4.83. The lowest BCUT2D eigenvalue weighted by Crippen LogP contribution is -2.25. The number of nitrogens with zero attached hydrogens (tertiary/aromatic N) is 2. The number of benzene rings is 1. The van der Waals surface area contributed by atoms with Gasteiger partial charge in [-0.05, 0) is 18.6 Å². The summed E-state index contributed by atoms with van der Waals surface area (Å²) in [6, 6.07) is 5.10. The number of anilines is 1. The molecule has 0 spiro atoms. The average molecular weight is 413 g/mol. The molecule has 1 aromatic carbocycles. The van der Waals surface area contributed by atoms with Gasteiger partial charge in [-0.15, -0.1) is 11.3 Å². The molecular weight excluding hydrogens is 399 g/mol. The van der Waals surface area contributed by atoms with Gasteiger partial charge in [0.25, 0.3) is 0 Å². The Morgan fingerprint density at radius 1 is 1.33 bits per heavy atom. The van der Waals surface area contributed by atoms with Gasteiger partial charge in [-0.2, -0.15) is 13.2 Å². The molecule has 0 saturated carbocycles. The van der Waals surface area contributed by atoms with Crippen molar-refractivity contribution in [3.63, 3.8) is 0 Å². The number of rotatable bonds is 5. The Morgan fingerprint density at radius 3 is 2.78 bits per heavy atom. The van der Waals surface area contributed by atoms with Gasteiger partial charge in [-0.3, -0.25) is 14.2 Å². The summed E-state index contributed by atoms with van der Waals surface area (Å²) in [5, 5.41) is 4.62. The Bertz CT molecular complexity index is 1020. The van der Waals surface area contributed by atoms with Crippen molar-refractivity contribution in [1.82, 2.24) is 9.55 Å². The summed E-state index contributed by atoms with van der Waals surface area (Å²) >= 11 is 2.20. The van der Waals surface area contributed by atoms with E-state index in [9.17, 15) is 22.8 Å². The SMILES string of the molecule is Cc1csc(=O)n1CC(=O)Nc1ncc(Cc2cccc(C(F)(F)F)c2)s1. The molecule has 0 bridgehead atoms. The minimum absolute atomic E-state index is 0.114. The van der Waals surface area contributed by atoms with Gasteiger partial charge in [0.05, 0.1) is 5.56 Å². The predicted octanol–water partition coefficient (Wildman–Crippen LogP) is 3.92. The van der Waals surface area contributed by atoms with Crippen LogP contribution in [0, 0.1) is 6.92 Å². The van der Waals surface area contributed by atoms with Crippen molar-refractivity contribution in [2.24, 2.45) is 0 Å². The fourth-order valence-corrected chi connectivity index (χ4v) is 4.00. The minimum atomic E-state index is -4.39. The van der Waals surface area contributed by atoms with Gasteiger partial charge >= 0.3 is 11.0 Å². The Kier molecular flexibility index (Phi) is 5.47. The lowest BCUT2D eigenvalue weighted by atomic mass is 10.1. The highest BCUT2D eigenvalue weighted by molar-refractivity contribution is 7.15. The maximum absolute atomic E-state index is 12.8. The molecule has 0 radical (unpaired) electrons. The second-order valence-corrected chi connectivity index (χ2v) is 7.72. The first-order chi connectivity index (χ1) is 12.7. The summed E-state index contributed by atoms with van der Waals surface area (Å²) in [5.74, 6) is -0.390. The van der Waals surface area contributed by atoms with E-state index in [4.69, 9.17) is 0 Å². The standard InChI is InChI=1S/C17H14F3N3O2S2/c1-10-9-26-16(25)23(10)8-14(24)22-15-21-7-13(27-15)6-11-3-2-4-12(5-11)17(18,19)20/h2-5,7,9H,6,8H2,1H3,(H,21,22,24). The number of halogens is 3. The van der Waals surface area contributed by atoms with E-state index in [-0.39, 0.29) is 17.8 Å². The molecule has 1 N–H and O–H groups in total. The third-order valence-corrected chi connectivity index (χ3v) is 5.50. The van der Waals surface area contributed by atoms with Crippen molar-refractivity contribution in [1.29, 1.82) is 0 Å². The molecule has 0 saturated heterocycles. The van der Waals surface area contributed by atoms with E-state index in [1.54, 1.807) is 18.4 Å². The molecule has 0 aliphatic heterocycles. The molecule has 0 aliphatic carbocycles. The summed E-state index contributed by atoms with van der Waals surface area (Å²) in [6.07, 6.45) is -2.59. The van der Waals surface area contributed by atoms with Crippen LogP contribution in [-0.2, 0) is 23.9 Å². The van der Waals surface area contributed by atoms with Crippen molar-refractivity contribution in [3.8, 4) is 0 Å². The molecule has 5 nitrogen and oxygen atoms in total. The first-order valence-corrected chi connectivity index (χ1v) is 9.47. The number of carbonyl (C=O) groups excluding carboxylic acids is 1. The second kappa shape index (κ2) is 7.65. The van der Waals surface area contributed by atoms with Gasteiger partial charge in [-0.25, -0.2) is 4.98 Å². The second-order valence-electron chi connectivity index (χ2n) is 5.78. The van der Waals surface area contributed by atoms with Crippen LogP contribution in [-0.4, -0.2) is 15.5 Å². The van der Waals surface area contributed by atoms with E-state index in [2.05, 4.69) is 10.3 Å². The molecule has 3 aromatic rings. The lowest BCUT2D eigenvalue weighted by molar-refractivity contribution is -0.137. The van der Waals surface area contributed by atoms with Gasteiger partial charge in [-0.1, -0.05) is 29.5 Å². The van der Waals surface area contributed by atoms with E-state index in [1.165, 1.54) is 28.2 Å². The number of thiazole rings is 2. The predicted molar refractivity (Wildman–Crippen MR) is 98.3 cm³/mol. The highest BCUT2D eigenvalue weighted by atomic mass is 32.1. The highest BCUT2D eigenvalue weighted by Crippen LogP contribution is 2.30. The van der Waals surface area contributed by atoms with Crippen LogP contribution in [0.2, 0.25) is 0 Å². The van der Waals surface area contributed by atoms with E-state index in [0.717, 1.165) is 23.5 Å². The number of hydrogen-bond donors (Lipinski definition) is 1. The van der Waals surface area contributed by atoms with Crippen LogP contribution < -0.4 is 10.2 Å². The minimum Gasteiger partial charge on any atom is -0.300 e. The number of hydrogen-bond acceptors (Lipinski definition) is 5. The summed E-state index contributed by atoms with van der Waals surface area (Å²) < 4.78 is 39.7. The molecule has 1 amide bonds. The largest absolute Gasteiger partial charge is 0.416 e. The molecule has 0 fully saturated rings. The molecule has 3 rings (SSSR count). The first-order valence-electron chi connectivity index (χ1n) is 7.78. The van der Waals surface area contributed by atoms with Crippen LogP contribution in [0.5, 0.6) is 0 Å². The van der Waals surface area contributed by atoms with Crippen molar-refractivity contribution in [3.05, 3.63) is 67.2 Å². The highest BCUT2D eigenvalue weighted by Gasteiger charge is 2.30. The van der Waals surface area contributed by atoms with Gasteiger partial charge in [0.15, 0.2) is 5.13 Å². The zero-order chi connectivity index (χ0) is 19.6. The molecule has 2 heterocycles. The van der Waals surface area contributed by atoms with Crippen molar-refractivity contribution in [2.75, 3.05) is 5.32 Å². The first kappa shape index (κ1) is 19.3. The van der Waals surface area contributed by atoms with Gasteiger partial charge in [0.1, 0.15) is 6.54 Å². The van der Waals surface area contributed by atoms with Crippen LogP contribution in [0.3, 0.4) is 0 Å². The normalized spacial score (nSPS) is 11.6. The Morgan fingerprint density at radius 2 is 2.11 bits per heavy atom. The van der Waals surface area contributed by atoms with Gasteiger partial charge in [0.2, 0.25) is 5.91 Å². The van der Waals surface area contributed by atoms with E-state index in [0.29, 0.717) is 21.3 Å². The smallest absolute Gasteiger partial charge is 0.300 e. The Labute approximate surface area is 160 Å². The molecule has 10 heteroatoms. The molecule has 0 atom stereocenters. The zero-order valence-electron chi connectivity index (χ0n) is 14.0. The monoisotopic (exact) mass is 413 g/mol. The molecule has 27 heavy (non-hydrogen) atoms. The van der Waals surface area contributed by atoms with Crippen molar-refractivity contribution in [2.45, 2.75) is 26.1 Å². The van der Waals surface area contributed by atoms with Crippen LogP contribution in [0.1, 0.15) is 21.7 Å². The van der Waals surface area contributed by atoms with E-state index < -0.39 is 17.6 Å². The third-order valence-electron chi connectivity index (χ3n) is 3.71. The maximum atomic E-state index is 12.8. The van der Waals surface area contributed by atoms with Gasteiger partial charge in [0, 0.05) is 28.6 Å². The topological polar surface area (TPSA) is 64.0 Å².